The van der Waals surface area contributed by atoms with Crippen molar-refractivity contribution in [2.24, 2.45) is 0 Å². The topological polar surface area (TPSA) is 95.6 Å². The van der Waals surface area contributed by atoms with Crippen molar-refractivity contribution in [1.29, 1.82) is 0 Å². The number of halogens is 4. The third kappa shape index (κ3) is 4.63. The Hall–Kier alpha value is -3.57. The lowest BCUT2D eigenvalue weighted by atomic mass is 10.1. The van der Waals surface area contributed by atoms with Gasteiger partial charge in [0.25, 0.3) is 10.0 Å². The van der Waals surface area contributed by atoms with Gasteiger partial charge in [0.05, 0.1) is 22.7 Å². The predicted molar refractivity (Wildman–Crippen MR) is 129 cm³/mol. The van der Waals surface area contributed by atoms with Crippen LogP contribution in [0.1, 0.15) is 17.5 Å². The minimum absolute atomic E-state index is 0.188. The van der Waals surface area contributed by atoms with Crippen molar-refractivity contribution in [2.45, 2.75) is 31.2 Å². The zero-order valence-electron chi connectivity index (χ0n) is 18.9. The summed E-state index contributed by atoms with van der Waals surface area (Å²) >= 11 is 6.11. The maximum atomic E-state index is 14.6. The Balaban J connectivity index is 1.79. The molecule has 2 amide bonds. The van der Waals surface area contributed by atoms with Crippen LogP contribution in [0.15, 0.2) is 53.4 Å². The van der Waals surface area contributed by atoms with Crippen LogP contribution in [0, 0.1) is 31.3 Å². The molecule has 1 unspecified atom stereocenters. The molecule has 0 radical (unpaired) electrons. The summed E-state index contributed by atoms with van der Waals surface area (Å²) in [4.78, 5) is 25.6. The summed E-state index contributed by atoms with van der Waals surface area (Å²) in [6, 6.07) is 7.19. The van der Waals surface area contributed by atoms with Crippen molar-refractivity contribution in [2.75, 3.05) is 14.9 Å². The molecule has 7 nitrogen and oxygen atoms in total. The van der Waals surface area contributed by atoms with Crippen molar-refractivity contribution in [1.82, 2.24) is 0 Å². The van der Waals surface area contributed by atoms with E-state index in [-0.39, 0.29) is 27.5 Å². The normalized spacial score (nSPS) is 15.3. The fourth-order valence-corrected chi connectivity index (χ4v) is 6.02. The van der Waals surface area contributed by atoms with Crippen molar-refractivity contribution in [3.63, 3.8) is 0 Å². The molecule has 1 heterocycles. The van der Waals surface area contributed by atoms with Gasteiger partial charge in [-0.05, 0) is 61.4 Å². The fourth-order valence-electron chi connectivity index (χ4n) is 3.88. The molecule has 12 heteroatoms. The van der Waals surface area contributed by atoms with Crippen LogP contribution in [0.5, 0.6) is 0 Å². The van der Waals surface area contributed by atoms with Gasteiger partial charge in [-0.15, -0.1) is 0 Å². The lowest BCUT2D eigenvalue weighted by molar-refractivity contribution is -0.122. The summed E-state index contributed by atoms with van der Waals surface area (Å²) in [5.41, 5.74) is -0.195. The van der Waals surface area contributed by atoms with E-state index in [1.54, 1.807) is 6.92 Å². The zero-order valence-corrected chi connectivity index (χ0v) is 20.5. The van der Waals surface area contributed by atoms with Crippen LogP contribution in [0.2, 0.25) is 5.02 Å². The average molecular weight is 538 g/mol. The van der Waals surface area contributed by atoms with E-state index in [9.17, 15) is 31.2 Å². The molecule has 0 spiro atoms. The van der Waals surface area contributed by atoms with Crippen molar-refractivity contribution < 1.29 is 31.2 Å². The minimum Gasteiger partial charge on any atom is -0.324 e. The molecule has 0 aliphatic carbocycles. The molecule has 1 aliphatic rings. The Morgan fingerprint density at radius 1 is 1.06 bits per heavy atom. The third-order valence-corrected chi connectivity index (χ3v) is 8.01. The number of amides is 2. The first-order chi connectivity index (χ1) is 16.9. The highest BCUT2D eigenvalue weighted by molar-refractivity contribution is 7.93. The number of nitrogens with one attached hydrogen (secondary N) is 2. The quantitative estimate of drug-likeness (QED) is 0.483. The first-order valence-corrected chi connectivity index (χ1v) is 12.4. The highest BCUT2D eigenvalue weighted by atomic mass is 35.5. The van der Waals surface area contributed by atoms with Crippen LogP contribution in [0.25, 0.3) is 0 Å². The molecule has 0 saturated carbocycles. The van der Waals surface area contributed by atoms with Crippen molar-refractivity contribution in [3.05, 3.63) is 82.1 Å². The Kier molecular flexibility index (Phi) is 6.72. The molecule has 0 bridgehead atoms. The van der Waals surface area contributed by atoms with E-state index >= 15 is 0 Å². The molecule has 188 valence electrons. The second-order valence-electron chi connectivity index (χ2n) is 8.18. The van der Waals surface area contributed by atoms with Crippen LogP contribution in [-0.2, 0) is 19.6 Å². The smallest absolute Gasteiger partial charge is 0.265 e. The summed E-state index contributed by atoms with van der Waals surface area (Å²) in [7, 11) is -4.53. The number of carbonyl (C=O) groups excluding carboxylic acids is 2. The van der Waals surface area contributed by atoms with Crippen LogP contribution in [-0.4, -0.2) is 26.3 Å². The van der Waals surface area contributed by atoms with Gasteiger partial charge >= 0.3 is 0 Å². The number of carbonyl (C=O) groups is 2. The van der Waals surface area contributed by atoms with Crippen LogP contribution in [0.3, 0.4) is 0 Å². The van der Waals surface area contributed by atoms with E-state index in [0.29, 0.717) is 21.0 Å². The number of hydrogen-bond donors (Lipinski definition) is 2. The highest BCUT2D eigenvalue weighted by Crippen LogP contribution is 2.40. The number of hydrogen-bond acceptors (Lipinski definition) is 4. The summed E-state index contributed by atoms with van der Waals surface area (Å²) in [5.74, 6) is -4.68. The Morgan fingerprint density at radius 2 is 1.78 bits per heavy atom. The number of sulfonamides is 1. The van der Waals surface area contributed by atoms with Gasteiger partial charge in [0.2, 0.25) is 11.8 Å². The summed E-state index contributed by atoms with van der Waals surface area (Å²) in [6.07, 6.45) is -0.747. The molecule has 2 N–H and O–H groups in total. The zero-order chi connectivity index (χ0) is 26.4. The number of aryl methyl sites for hydroxylation is 2. The molecule has 36 heavy (non-hydrogen) atoms. The molecular formula is C24H19ClF3N3O4S. The number of nitrogens with zero attached hydrogens (tertiary/aromatic N) is 1. The number of para-hydroxylation sites is 1. The predicted octanol–water partition coefficient (Wildman–Crippen LogP) is 4.92. The minimum atomic E-state index is -4.53. The summed E-state index contributed by atoms with van der Waals surface area (Å²) in [6.45, 7) is 3.10. The highest BCUT2D eigenvalue weighted by Gasteiger charge is 2.43. The molecular weight excluding hydrogens is 519 g/mol. The maximum Gasteiger partial charge on any atom is 0.265 e. The standard InChI is InChI=1S/C24H19ClF3N3O4S/c1-12-9-21(13(2)8-15(12)25)36(34,35)31-19-5-3-4-16(27)23(19)30-24(33)20(31)11-22(32)29-18-7-6-14(26)10-17(18)28/h3-10,20H,11H2,1-2H3,(H,29,32)(H,30,33). The molecule has 0 saturated heterocycles. The van der Waals surface area contributed by atoms with Gasteiger partial charge in [0.1, 0.15) is 29.2 Å². The lowest BCUT2D eigenvalue weighted by Crippen LogP contribution is -2.52. The molecule has 1 aliphatic heterocycles. The molecule has 4 rings (SSSR count). The number of benzene rings is 3. The molecule has 0 aromatic heterocycles. The van der Waals surface area contributed by atoms with Crippen molar-refractivity contribution >= 4 is 50.5 Å². The van der Waals surface area contributed by atoms with Gasteiger partial charge < -0.3 is 10.6 Å². The van der Waals surface area contributed by atoms with E-state index in [1.807, 2.05) is 0 Å². The monoisotopic (exact) mass is 537 g/mol. The van der Waals surface area contributed by atoms with E-state index in [2.05, 4.69) is 10.6 Å². The molecule has 1 atom stereocenters. The Labute approximate surface area is 209 Å². The number of anilines is 3. The van der Waals surface area contributed by atoms with Gasteiger partial charge in [0.15, 0.2) is 0 Å². The second-order valence-corrected chi connectivity index (χ2v) is 10.4. The van der Waals surface area contributed by atoms with Gasteiger partial charge in [0, 0.05) is 11.1 Å². The van der Waals surface area contributed by atoms with Gasteiger partial charge in [-0.25, -0.2) is 21.6 Å². The van der Waals surface area contributed by atoms with E-state index in [4.69, 9.17) is 11.6 Å². The lowest BCUT2D eigenvalue weighted by Gasteiger charge is -2.37. The van der Waals surface area contributed by atoms with Crippen LogP contribution < -0.4 is 14.9 Å². The SMILES string of the molecule is Cc1cc(S(=O)(=O)N2c3cccc(F)c3NC(=O)C2CC(=O)Nc2ccc(F)cc2F)c(C)cc1Cl. The van der Waals surface area contributed by atoms with Gasteiger partial charge in [-0.1, -0.05) is 17.7 Å². The van der Waals surface area contributed by atoms with Gasteiger partial charge in [-0.3, -0.25) is 13.9 Å². The largest absolute Gasteiger partial charge is 0.324 e. The first-order valence-electron chi connectivity index (χ1n) is 10.6. The van der Waals surface area contributed by atoms with E-state index in [1.165, 1.54) is 31.2 Å². The molecule has 3 aromatic carbocycles. The van der Waals surface area contributed by atoms with E-state index in [0.717, 1.165) is 18.2 Å². The first kappa shape index (κ1) is 25.5. The van der Waals surface area contributed by atoms with Crippen LogP contribution >= 0.6 is 11.6 Å². The van der Waals surface area contributed by atoms with Gasteiger partial charge in [-0.2, -0.15) is 0 Å². The van der Waals surface area contributed by atoms with E-state index < -0.39 is 51.8 Å². The summed E-state index contributed by atoms with van der Waals surface area (Å²) in [5, 5.41) is 4.84. The number of fused-ring (bicyclic) bond motifs is 1. The Morgan fingerprint density at radius 3 is 2.47 bits per heavy atom. The fraction of sp³-hybridized carbons (Fsp3) is 0.167. The molecule has 0 fully saturated rings. The van der Waals surface area contributed by atoms with Crippen LogP contribution in [0.4, 0.5) is 30.2 Å². The van der Waals surface area contributed by atoms with Crippen molar-refractivity contribution in [3.8, 4) is 0 Å². The Bertz CT molecular complexity index is 1510. The number of rotatable bonds is 5. The molecule has 3 aromatic rings. The third-order valence-electron chi connectivity index (χ3n) is 5.64. The maximum absolute atomic E-state index is 14.6. The summed E-state index contributed by atoms with van der Waals surface area (Å²) < 4.78 is 70.2. The average Bonchev–Trinajstić information content (AvgIpc) is 2.79. The second kappa shape index (κ2) is 9.47.